The van der Waals surface area contributed by atoms with Gasteiger partial charge in [-0.1, -0.05) is 39.4 Å². The van der Waals surface area contributed by atoms with Gasteiger partial charge in [-0.3, -0.25) is 35.5 Å². The fraction of sp³-hybridized carbons (Fsp3) is 0.158. The molecular formula is C19H18F6N8O4. The first-order valence-corrected chi connectivity index (χ1v) is 9.67. The number of nitrogens with two attached hydrogens (primary N) is 3. The van der Waals surface area contributed by atoms with Gasteiger partial charge in [0, 0.05) is 11.0 Å². The van der Waals surface area contributed by atoms with Gasteiger partial charge < -0.3 is 0 Å². The summed E-state index contributed by atoms with van der Waals surface area (Å²) >= 11 is 0. The summed E-state index contributed by atoms with van der Waals surface area (Å²) in [7, 11) is 0. The number of hydrogen-bond donors (Lipinski definition) is 6. The molecule has 0 aromatic heterocycles. The number of carbonyl (C=O) groups is 4. The standard InChI is InChI=1S/C19H18F6N8O4/c1-19(2,7-5-3-4-6(15(34)29-26)8(7)16(35)30-27)11-9(17(36)31-28)10(12(20)14(22)13(11)21)18(37)32(23)33(24)25/h3-5H,26-28H2,1-2H3,(H,29,34)(H,30,35)(H,31,36). The van der Waals surface area contributed by atoms with E-state index in [1.54, 1.807) is 10.9 Å². The fourth-order valence-electron chi connectivity index (χ4n) is 3.70. The molecule has 0 atom stereocenters. The number of amides is 4. The highest BCUT2D eigenvalue weighted by Crippen LogP contribution is 2.41. The molecule has 0 saturated carbocycles. The van der Waals surface area contributed by atoms with Gasteiger partial charge in [0.25, 0.3) is 17.7 Å². The Morgan fingerprint density at radius 2 is 1.27 bits per heavy atom. The Morgan fingerprint density at radius 3 is 1.76 bits per heavy atom. The summed E-state index contributed by atoms with van der Waals surface area (Å²) in [6, 6.07) is 3.31. The molecule has 0 saturated heterocycles. The SMILES string of the molecule is CC(C)(c1cccc(C(=O)NN)c1C(=O)NN)c1c(F)c(F)c(F)c(C(=O)N(F)N(F)F)c1C(=O)NN. The molecule has 2 rings (SSSR count). The fourth-order valence-corrected chi connectivity index (χ4v) is 3.70. The maximum absolute atomic E-state index is 15.3. The van der Waals surface area contributed by atoms with E-state index in [0.29, 0.717) is 0 Å². The van der Waals surface area contributed by atoms with Crippen LogP contribution in [0.25, 0.3) is 0 Å². The second-order valence-corrected chi connectivity index (χ2v) is 7.62. The third-order valence-corrected chi connectivity index (χ3v) is 5.29. The van der Waals surface area contributed by atoms with Gasteiger partial charge in [0.15, 0.2) is 22.9 Å². The van der Waals surface area contributed by atoms with E-state index >= 15 is 4.39 Å². The van der Waals surface area contributed by atoms with Crippen LogP contribution in [-0.2, 0) is 5.41 Å². The molecule has 18 heteroatoms. The van der Waals surface area contributed by atoms with Crippen LogP contribution in [0.4, 0.5) is 26.6 Å². The van der Waals surface area contributed by atoms with E-state index in [1.165, 1.54) is 5.43 Å². The van der Waals surface area contributed by atoms with Crippen molar-refractivity contribution in [1.82, 2.24) is 27.0 Å². The molecule has 0 fully saturated rings. The first-order chi connectivity index (χ1) is 17.2. The third kappa shape index (κ3) is 4.89. The van der Waals surface area contributed by atoms with Crippen LogP contribution >= 0.6 is 0 Å². The van der Waals surface area contributed by atoms with Crippen molar-refractivity contribution in [2.24, 2.45) is 17.5 Å². The number of benzene rings is 2. The van der Waals surface area contributed by atoms with E-state index in [0.717, 1.165) is 32.0 Å². The summed E-state index contributed by atoms with van der Waals surface area (Å²) in [6.45, 7) is 2.03. The first-order valence-electron chi connectivity index (χ1n) is 9.67. The largest absolute Gasteiger partial charge is 0.306 e. The van der Waals surface area contributed by atoms with Crippen LogP contribution in [0.15, 0.2) is 18.2 Å². The molecule has 9 N–H and O–H groups in total. The molecule has 0 unspecified atom stereocenters. The van der Waals surface area contributed by atoms with Gasteiger partial charge in [0.05, 0.1) is 22.3 Å². The quantitative estimate of drug-likeness (QED) is 0.0739. The molecule has 0 aliphatic carbocycles. The van der Waals surface area contributed by atoms with Crippen molar-refractivity contribution in [1.29, 1.82) is 0 Å². The second-order valence-electron chi connectivity index (χ2n) is 7.62. The van der Waals surface area contributed by atoms with Crippen LogP contribution in [-0.4, -0.2) is 34.3 Å². The summed E-state index contributed by atoms with van der Waals surface area (Å²) in [4.78, 5) is 49.7. The van der Waals surface area contributed by atoms with Crippen LogP contribution in [0.1, 0.15) is 66.4 Å². The molecular weight excluding hydrogens is 518 g/mol. The summed E-state index contributed by atoms with van der Waals surface area (Å²) in [5, 5.41) is -1.99. The number of nitrogens with zero attached hydrogens (tertiary/aromatic N) is 2. The molecule has 0 aliphatic heterocycles. The van der Waals surface area contributed by atoms with Crippen molar-refractivity contribution < 1.29 is 45.8 Å². The molecule has 200 valence electrons. The minimum absolute atomic E-state index is 0.388. The van der Waals surface area contributed by atoms with Crippen molar-refractivity contribution in [3.8, 4) is 0 Å². The average molecular weight is 536 g/mol. The number of rotatable bonds is 7. The molecule has 0 heterocycles. The van der Waals surface area contributed by atoms with E-state index in [2.05, 4.69) is 0 Å². The predicted octanol–water partition coefficient (Wildman–Crippen LogP) is 0.553. The predicted molar refractivity (Wildman–Crippen MR) is 111 cm³/mol. The lowest BCUT2D eigenvalue weighted by atomic mass is 9.72. The zero-order valence-corrected chi connectivity index (χ0v) is 18.8. The van der Waals surface area contributed by atoms with E-state index in [1.807, 2.05) is 0 Å². The minimum Gasteiger partial charge on any atom is -0.290 e. The second kappa shape index (κ2) is 10.8. The lowest BCUT2D eigenvalue weighted by molar-refractivity contribution is -0.340. The Hall–Kier alpha value is -4.26. The van der Waals surface area contributed by atoms with Gasteiger partial charge in [-0.2, -0.15) is 0 Å². The Balaban J connectivity index is 3.14. The highest BCUT2D eigenvalue weighted by atomic mass is 19.4. The van der Waals surface area contributed by atoms with Gasteiger partial charge in [0.1, 0.15) is 0 Å². The molecule has 0 spiro atoms. The minimum atomic E-state index is -2.62. The Bertz CT molecular complexity index is 1290. The summed E-state index contributed by atoms with van der Waals surface area (Å²) in [5.41, 5.74) is -5.93. The molecule has 0 bridgehead atoms. The summed E-state index contributed by atoms with van der Waals surface area (Å²) in [5.74, 6) is 1.62. The molecule has 12 nitrogen and oxygen atoms in total. The molecule has 0 radical (unpaired) electrons. The van der Waals surface area contributed by atoms with E-state index in [-0.39, 0.29) is 5.56 Å². The maximum atomic E-state index is 15.3. The van der Waals surface area contributed by atoms with Crippen molar-refractivity contribution in [3.63, 3.8) is 0 Å². The number of nitrogens with one attached hydrogen (secondary N) is 3. The third-order valence-electron chi connectivity index (χ3n) is 5.29. The van der Waals surface area contributed by atoms with Crippen molar-refractivity contribution in [2.45, 2.75) is 19.3 Å². The Morgan fingerprint density at radius 1 is 0.757 bits per heavy atom. The smallest absolute Gasteiger partial charge is 0.290 e. The topological polar surface area (TPSA) is 189 Å². The number of halogens is 6. The van der Waals surface area contributed by atoms with Crippen LogP contribution in [0, 0.1) is 17.5 Å². The van der Waals surface area contributed by atoms with Crippen LogP contribution in [0.3, 0.4) is 0 Å². The normalized spacial score (nSPS) is 11.2. The zero-order valence-electron chi connectivity index (χ0n) is 18.8. The van der Waals surface area contributed by atoms with Crippen molar-refractivity contribution >= 4 is 23.6 Å². The van der Waals surface area contributed by atoms with Gasteiger partial charge in [-0.05, 0) is 16.9 Å². The number of hydrogen-bond acceptors (Lipinski definition) is 8. The van der Waals surface area contributed by atoms with Gasteiger partial charge in [0.2, 0.25) is 0 Å². The van der Waals surface area contributed by atoms with Gasteiger partial charge in [-0.25, -0.2) is 30.7 Å². The van der Waals surface area contributed by atoms with Crippen LogP contribution < -0.4 is 33.8 Å². The molecule has 2 aromatic carbocycles. The molecule has 2 aromatic rings. The van der Waals surface area contributed by atoms with Crippen LogP contribution in [0.5, 0.6) is 0 Å². The average Bonchev–Trinajstić information content (AvgIpc) is 2.88. The van der Waals surface area contributed by atoms with Crippen LogP contribution in [0.2, 0.25) is 0 Å². The lowest BCUT2D eigenvalue weighted by Crippen LogP contribution is -2.41. The molecule has 4 amide bonds. The number of hydrazine groups is 4. The monoisotopic (exact) mass is 536 g/mol. The number of nitrogen functional groups attached to an aromatic ring is 3. The lowest BCUT2D eigenvalue weighted by Gasteiger charge is -2.32. The highest BCUT2D eigenvalue weighted by Gasteiger charge is 2.43. The van der Waals surface area contributed by atoms with Gasteiger partial charge in [-0.15, -0.1) is 0 Å². The highest BCUT2D eigenvalue weighted by molar-refractivity contribution is 6.10. The van der Waals surface area contributed by atoms with E-state index in [9.17, 15) is 41.4 Å². The Labute approximate surface area is 203 Å². The van der Waals surface area contributed by atoms with E-state index < -0.39 is 85.0 Å². The molecule has 0 aliphatic rings. The molecule has 37 heavy (non-hydrogen) atoms. The Kier molecular flexibility index (Phi) is 8.44. The summed E-state index contributed by atoms with van der Waals surface area (Å²) < 4.78 is 83.7. The van der Waals surface area contributed by atoms with Crippen molar-refractivity contribution in [2.75, 3.05) is 0 Å². The first kappa shape index (κ1) is 29.0. The maximum Gasteiger partial charge on any atom is 0.306 e. The van der Waals surface area contributed by atoms with E-state index in [4.69, 9.17) is 17.5 Å². The summed E-state index contributed by atoms with van der Waals surface area (Å²) in [6.07, 6.45) is 0. The van der Waals surface area contributed by atoms with Gasteiger partial charge >= 0.3 is 5.91 Å². The number of carbonyl (C=O) groups excluding carboxylic acids is 4. The van der Waals surface area contributed by atoms with Crippen molar-refractivity contribution in [3.05, 3.63) is 69.0 Å². The zero-order chi connectivity index (χ0) is 28.4.